The summed E-state index contributed by atoms with van der Waals surface area (Å²) in [6.45, 7) is 2.75. The monoisotopic (exact) mass is 240 g/mol. The van der Waals surface area contributed by atoms with E-state index in [1.54, 1.807) is 0 Å². The number of benzene rings is 2. The maximum absolute atomic E-state index is 5.90. The van der Waals surface area contributed by atoms with Crippen molar-refractivity contribution in [3.8, 4) is 0 Å². The highest BCUT2D eigenvalue weighted by Gasteiger charge is 2.10. The van der Waals surface area contributed by atoms with Gasteiger partial charge in [-0.15, -0.1) is 0 Å². The van der Waals surface area contributed by atoms with Gasteiger partial charge in [0.1, 0.15) is 0 Å². The SMILES string of the molecule is Cc1ccc(C(CN)Cc2cccc(N)c2)cc1. The van der Waals surface area contributed by atoms with E-state index in [2.05, 4.69) is 37.3 Å². The van der Waals surface area contributed by atoms with Crippen LogP contribution < -0.4 is 11.5 Å². The van der Waals surface area contributed by atoms with Crippen molar-refractivity contribution in [2.75, 3.05) is 12.3 Å². The fourth-order valence-corrected chi connectivity index (χ4v) is 2.18. The van der Waals surface area contributed by atoms with Gasteiger partial charge in [-0.25, -0.2) is 0 Å². The smallest absolute Gasteiger partial charge is 0.0316 e. The van der Waals surface area contributed by atoms with Crippen LogP contribution in [0.15, 0.2) is 48.5 Å². The topological polar surface area (TPSA) is 52.0 Å². The third kappa shape index (κ3) is 3.11. The first-order valence-electron chi connectivity index (χ1n) is 6.30. The average Bonchev–Trinajstić information content (AvgIpc) is 2.37. The number of aryl methyl sites for hydroxylation is 1. The van der Waals surface area contributed by atoms with E-state index in [-0.39, 0.29) is 0 Å². The molecule has 18 heavy (non-hydrogen) atoms. The standard InChI is InChI=1S/C16H20N2/c1-12-5-7-14(8-6-12)15(11-17)9-13-3-2-4-16(18)10-13/h2-8,10,15H,9,11,17-18H2,1H3. The van der Waals surface area contributed by atoms with E-state index in [1.165, 1.54) is 16.7 Å². The molecule has 0 saturated carbocycles. The van der Waals surface area contributed by atoms with Gasteiger partial charge >= 0.3 is 0 Å². The van der Waals surface area contributed by atoms with Gasteiger partial charge < -0.3 is 11.5 Å². The number of hydrogen-bond acceptors (Lipinski definition) is 2. The van der Waals surface area contributed by atoms with Crippen LogP contribution >= 0.6 is 0 Å². The van der Waals surface area contributed by atoms with Gasteiger partial charge in [0.2, 0.25) is 0 Å². The molecule has 0 radical (unpaired) electrons. The van der Waals surface area contributed by atoms with Crippen LogP contribution in [0.1, 0.15) is 22.6 Å². The summed E-state index contributed by atoms with van der Waals surface area (Å²) in [5.74, 6) is 0.354. The Bertz CT molecular complexity index is 503. The highest BCUT2D eigenvalue weighted by Crippen LogP contribution is 2.21. The summed E-state index contributed by atoms with van der Waals surface area (Å²) in [6, 6.07) is 16.6. The molecule has 0 aliphatic heterocycles. The molecule has 2 aromatic carbocycles. The second-order valence-electron chi connectivity index (χ2n) is 4.79. The maximum atomic E-state index is 5.90. The van der Waals surface area contributed by atoms with E-state index in [9.17, 15) is 0 Å². The highest BCUT2D eigenvalue weighted by atomic mass is 14.6. The molecule has 0 aromatic heterocycles. The van der Waals surface area contributed by atoms with E-state index in [0.717, 1.165) is 12.1 Å². The molecular formula is C16H20N2. The Balaban J connectivity index is 2.17. The van der Waals surface area contributed by atoms with Crippen LogP contribution in [-0.2, 0) is 6.42 Å². The first-order valence-corrected chi connectivity index (χ1v) is 6.30. The zero-order valence-corrected chi connectivity index (χ0v) is 10.8. The first-order chi connectivity index (χ1) is 8.69. The van der Waals surface area contributed by atoms with Crippen molar-refractivity contribution in [2.45, 2.75) is 19.3 Å². The number of anilines is 1. The largest absolute Gasteiger partial charge is 0.399 e. The Morgan fingerprint density at radius 2 is 1.78 bits per heavy atom. The van der Waals surface area contributed by atoms with Crippen LogP contribution in [0.3, 0.4) is 0 Å². The summed E-state index contributed by atoms with van der Waals surface area (Å²) in [7, 11) is 0. The molecule has 1 atom stereocenters. The fourth-order valence-electron chi connectivity index (χ4n) is 2.18. The molecule has 2 heteroatoms. The van der Waals surface area contributed by atoms with Crippen LogP contribution in [0, 0.1) is 6.92 Å². The summed E-state index contributed by atoms with van der Waals surface area (Å²) in [6.07, 6.45) is 0.935. The summed E-state index contributed by atoms with van der Waals surface area (Å²) >= 11 is 0. The molecule has 4 N–H and O–H groups in total. The number of nitrogen functional groups attached to an aromatic ring is 1. The Morgan fingerprint density at radius 1 is 1.06 bits per heavy atom. The van der Waals surface area contributed by atoms with Crippen molar-refractivity contribution in [3.05, 3.63) is 65.2 Å². The molecule has 1 unspecified atom stereocenters. The third-order valence-electron chi connectivity index (χ3n) is 3.27. The Morgan fingerprint density at radius 3 is 2.39 bits per heavy atom. The first kappa shape index (κ1) is 12.7. The summed E-state index contributed by atoms with van der Waals surface area (Å²) in [5.41, 5.74) is 16.3. The minimum Gasteiger partial charge on any atom is -0.399 e. The summed E-state index contributed by atoms with van der Waals surface area (Å²) < 4.78 is 0. The van der Waals surface area contributed by atoms with Gasteiger partial charge in [0.05, 0.1) is 0 Å². The van der Waals surface area contributed by atoms with Crippen LogP contribution in [-0.4, -0.2) is 6.54 Å². The van der Waals surface area contributed by atoms with Crippen molar-refractivity contribution in [1.82, 2.24) is 0 Å². The van der Waals surface area contributed by atoms with Gasteiger partial charge in [0.25, 0.3) is 0 Å². The minimum absolute atomic E-state index is 0.354. The molecule has 2 aromatic rings. The average molecular weight is 240 g/mol. The highest BCUT2D eigenvalue weighted by molar-refractivity contribution is 5.41. The zero-order valence-electron chi connectivity index (χ0n) is 10.8. The molecule has 94 valence electrons. The third-order valence-corrected chi connectivity index (χ3v) is 3.27. The molecule has 0 aliphatic rings. The van der Waals surface area contributed by atoms with Crippen molar-refractivity contribution in [2.24, 2.45) is 5.73 Å². The second kappa shape index (κ2) is 5.69. The van der Waals surface area contributed by atoms with Gasteiger partial charge in [0, 0.05) is 11.6 Å². The van der Waals surface area contributed by atoms with Crippen molar-refractivity contribution < 1.29 is 0 Å². The van der Waals surface area contributed by atoms with Crippen LogP contribution in [0.25, 0.3) is 0 Å². The summed E-state index contributed by atoms with van der Waals surface area (Å²) in [5, 5.41) is 0. The molecule has 0 aliphatic carbocycles. The van der Waals surface area contributed by atoms with E-state index in [0.29, 0.717) is 12.5 Å². The van der Waals surface area contributed by atoms with Crippen molar-refractivity contribution in [3.63, 3.8) is 0 Å². The lowest BCUT2D eigenvalue weighted by atomic mass is 9.91. The molecule has 2 nitrogen and oxygen atoms in total. The van der Waals surface area contributed by atoms with E-state index < -0.39 is 0 Å². The van der Waals surface area contributed by atoms with Crippen molar-refractivity contribution in [1.29, 1.82) is 0 Å². The Hall–Kier alpha value is -1.80. The van der Waals surface area contributed by atoms with Crippen LogP contribution in [0.4, 0.5) is 5.69 Å². The van der Waals surface area contributed by atoms with Gasteiger partial charge in [0.15, 0.2) is 0 Å². The number of rotatable bonds is 4. The lowest BCUT2D eigenvalue weighted by Gasteiger charge is -2.16. The predicted octanol–water partition coefficient (Wildman–Crippen LogP) is 2.86. The lowest BCUT2D eigenvalue weighted by molar-refractivity contribution is 0.694. The normalized spacial score (nSPS) is 12.3. The summed E-state index contributed by atoms with van der Waals surface area (Å²) in [4.78, 5) is 0. The molecule has 0 heterocycles. The van der Waals surface area contributed by atoms with E-state index in [1.807, 2.05) is 18.2 Å². The lowest BCUT2D eigenvalue weighted by Crippen LogP contribution is -2.15. The molecule has 0 fully saturated rings. The molecule has 0 saturated heterocycles. The number of hydrogen-bond donors (Lipinski definition) is 2. The molecule has 0 spiro atoms. The zero-order chi connectivity index (χ0) is 13.0. The van der Waals surface area contributed by atoms with Crippen LogP contribution in [0.5, 0.6) is 0 Å². The number of nitrogens with two attached hydrogens (primary N) is 2. The predicted molar refractivity (Wildman–Crippen MR) is 77.5 cm³/mol. The van der Waals surface area contributed by atoms with E-state index >= 15 is 0 Å². The van der Waals surface area contributed by atoms with Gasteiger partial charge in [-0.3, -0.25) is 0 Å². The van der Waals surface area contributed by atoms with Gasteiger partial charge in [-0.1, -0.05) is 42.0 Å². The fraction of sp³-hybridized carbons (Fsp3) is 0.250. The van der Waals surface area contributed by atoms with Gasteiger partial charge in [-0.05, 0) is 43.1 Å². The molecular weight excluding hydrogens is 220 g/mol. The maximum Gasteiger partial charge on any atom is 0.0316 e. The van der Waals surface area contributed by atoms with Crippen LogP contribution in [0.2, 0.25) is 0 Å². The minimum atomic E-state index is 0.354. The molecule has 0 amide bonds. The molecule has 2 rings (SSSR count). The Kier molecular flexibility index (Phi) is 4.00. The van der Waals surface area contributed by atoms with Crippen molar-refractivity contribution >= 4 is 5.69 Å². The molecule has 0 bridgehead atoms. The quantitative estimate of drug-likeness (QED) is 0.807. The Labute approximate surface area is 109 Å². The van der Waals surface area contributed by atoms with Gasteiger partial charge in [-0.2, -0.15) is 0 Å². The van der Waals surface area contributed by atoms with E-state index in [4.69, 9.17) is 11.5 Å². The second-order valence-corrected chi connectivity index (χ2v) is 4.79.